The van der Waals surface area contributed by atoms with Gasteiger partial charge in [-0.1, -0.05) is 200 Å². The fourth-order valence-corrected chi connectivity index (χ4v) is 12.3. The number of hydrogen-bond acceptors (Lipinski definition) is 4. The van der Waals surface area contributed by atoms with Crippen LogP contribution >= 0.6 is 11.3 Å². The van der Waals surface area contributed by atoms with Crippen LogP contribution in [0, 0.1) is 0 Å². The first-order valence-electron chi connectivity index (χ1n) is 23.4. The van der Waals surface area contributed by atoms with Gasteiger partial charge in [-0.25, -0.2) is 4.98 Å². The molecule has 1 aliphatic rings. The Hall–Kier alpha value is -8.97. The normalized spacial score (nSPS) is 12.1. The quantitative estimate of drug-likeness (QED) is 0.173. The van der Waals surface area contributed by atoms with Gasteiger partial charge in [0.25, 0.3) is 0 Å². The van der Waals surface area contributed by atoms with Crippen LogP contribution in [0.1, 0.15) is 0 Å². The minimum absolute atomic E-state index is 0.559. The van der Waals surface area contributed by atoms with Crippen molar-refractivity contribution in [1.29, 1.82) is 0 Å². The van der Waals surface area contributed by atoms with Crippen molar-refractivity contribution in [2.45, 2.75) is 0 Å². The molecule has 0 amide bonds. The highest BCUT2D eigenvalue weighted by Gasteiger charge is 2.28. The third-order valence-electron chi connectivity index (χ3n) is 14.2. The van der Waals surface area contributed by atoms with Crippen LogP contribution in [0.25, 0.3) is 143 Å². The largest absolute Gasteiger partial charge is 0.306 e. The maximum Gasteiger partial charge on any atom is 0.238 e. The van der Waals surface area contributed by atoms with Crippen LogP contribution < -0.4 is 0 Å². The van der Waals surface area contributed by atoms with Gasteiger partial charge in [-0.3, -0.25) is 4.57 Å². The lowest BCUT2D eigenvalue weighted by molar-refractivity contribution is 0.954. The van der Waals surface area contributed by atoms with Crippen LogP contribution in [0.3, 0.4) is 0 Å². The van der Waals surface area contributed by atoms with Gasteiger partial charge in [0, 0.05) is 64.0 Å². The van der Waals surface area contributed by atoms with Crippen molar-refractivity contribution < 1.29 is 0 Å². The van der Waals surface area contributed by atoms with Crippen LogP contribution in [0.4, 0.5) is 0 Å². The summed E-state index contributed by atoms with van der Waals surface area (Å²) in [6, 6.07) is 80.8. The molecule has 1 aliphatic heterocycles. The highest BCUT2D eigenvalue weighted by Crippen LogP contribution is 2.50. The molecule has 0 saturated heterocycles. The van der Waals surface area contributed by atoms with E-state index in [-0.39, 0.29) is 0 Å². The van der Waals surface area contributed by atoms with Crippen LogP contribution in [0.2, 0.25) is 0 Å². The highest BCUT2D eigenvalue weighted by molar-refractivity contribution is 7.26. The molecule has 6 heteroatoms. The molecule has 0 fully saturated rings. The first-order valence-corrected chi connectivity index (χ1v) is 24.2. The maximum absolute atomic E-state index is 5.66. The smallest absolute Gasteiger partial charge is 0.238 e. The number of thiophene rings is 1. The van der Waals surface area contributed by atoms with Gasteiger partial charge < -0.3 is 4.57 Å². The summed E-state index contributed by atoms with van der Waals surface area (Å²) in [6.45, 7) is 0. The summed E-state index contributed by atoms with van der Waals surface area (Å²) in [5.74, 6) is 1.79. The molecule has 15 rings (SSSR count). The number of rotatable bonds is 5. The predicted molar refractivity (Wildman–Crippen MR) is 288 cm³/mol. The molecule has 0 aliphatic carbocycles. The Morgan fingerprint density at radius 2 is 0.797 bits per heavy atom. The fraction of sp³-hybridized carbons (Fsp3) is 0. The molecule has 0 N–H and O–H groups in total. The number of benzene rings is 10. The van der Waals surface area contributed by atoms with E-state index >= 15 is 0 Å². The van der Waals surface area contributed by atoms with Crippen molar-refractivity contribution in [3.8, 4) is 78.9 Å². The SMILES string of the molecule is c1ccc(-c2ccc(-c3nc(-c4cccc5sc6cccc(-c7ccccc7)c6c45)nc(-n4c5ccccc5c5ccc6c7cccc8c7n(c6c54)-c4ccccc4-c4ccccc4-8)n3)cc2)cc1. The van der Waals surface area contributed by atoms with Crippen LogP contribution in [0.5, 0.6) is 0 Å². The van der Waals surface area contributed by atoms with Gasteiger partial charge >= 0.3 is 0 Å². The second-order valence-electron chi connectivity index (χ2n) is 17.9. The van der Waals surface area contributed by atoms with Gasteiger partial charge in [0.2, 0.25) is 5.95 Å². The Bertz CT molecular complexity index is 4410. The minimum atomic E-state index is 0.559. The second-order valence-corrected chi connectivity index (χ2v) is 18.9. The topological polar surface area (TPSA) is 48.5 Å². The van der Waals surface area contributed by atoms with E-state index < -0.39 is 0 Å². The zero-order chi connectivity index (χ0) is 45.2. The van der Waals surface area contributed by atoms with E-state index in [2.05, 4.69) is 234 Å². The van der Waals surface area contributed by atoms with Gasteiger partial charge in [0.05, 0.1) is 27.8 Å². The summed E-state index contributed by atoms with van der Waals surface area (Å²) >= 11 is 1.81. The van der Waals surface area contributed by atoms with E-state index in [1.165, 1.54) is 64.5 Å². The lowest BCUT2D eigenvalue weighted by Gasteiger charge is -2.15. The first-order chi connectivity index (χ1) is 34.2. The molecule has 0 atom stereocenters. The summed E-state index contributed by atoms with van der Waals surface area (Å²) < 4.78 is 7.23. The summed E-state index contributed by atoms with van der Waals surface area (Å²) in [5.41, 5.74) is 16.9. The Morgan fingerprint density at radius 3 is 1.58 bits per heavy atom. The minimum Gasteiger partial charge on any atom is -0.306 e. The molecular weight excluding hydrogens is 859 g/mol. The van der Waals surface area contributed by atoms with E-state index in [1.54, 1.807) is 0 Å². The first kappa shape index (κ1) is 38.2. The summed E-state index contributed by atoms with van der Waals surface area (Å²) in [7, 11) is 0. The van der Waals surface area contributed by atoms with Gasteiger partial charge in [-0.05, 0) is 57.6 Å². The van der Waals surface area contributed by atoms with Crippen molar-refractivity contribution in [2.24, 2.45) is 0 Å². The molecule has 69 heavy (non-hydrogen) atoms. The molecule has 0 bridgehead atoms. The van der Waals surface area contributed by atoms with Gasteiger partial charge in [-0.2, -0.15) is 9.97 Å². The summed E-state index contributed by atoms with van der Waals surface area (Å²) in [5, 5.41) is 6.99. The van der Waals surface area contributed by atoms with Gasteiger partial charge in [0.1, 0.15) is 0 Å². The third kappa shape index (κ3) is 5.61. The van der Waals surface area contributed by atoms with E-state index in [0.29, 0.717) is 17.6 Å². The van der Waals surface area contributed by atoms with E-state index in [1.807, 2.05) is 11.3 Å². The van der Waals surface area contributed by atoms with Crippen molar-refractivity contribution >= 4 is 75.1 Å². The second kappa shape index (κ2) is 14.8. The lowest BCUT2D eigenvalue weighted by Crippen LogP contribution is -2.07. The van der Waals surface area contributed by atoms with Crippen molar-refractivity contribution in [3.05, 3.63) is 224 Å². The zero-order valence-corrected chi connectivity index (χ0v) is 37.8. The number of hydrogen-bond donors (Lipinski definition) is 0. The molecule has 5 nitrogen and oxygen atoms in total. The monoisotopic (exact) mass is 895 g/mol. The van der Waals surface area contributed by atoms with E-state index in [4.69, 9.17) is 15.0 Å². The number of nitrogens with zero attached hydrogens (tertiary/aromatic N) is 5. The van der Waals surface area contributed by atoms with Crippen LogP contribution in [-0.4, -0.2) is 24.1 Å². The molecule has 0 saturated carbocycles. The van der Waals surface area contributed by atoms with Crippen LogP contribution in [-0.2, 0) is 0 Å². The Morgan fingerprint density at radius 1 is 0.290 bits per heavy atom. The standard InChI is InChI=1S/C63H37N5S/c1-3-16-38(17-4-1)39-32-34-41(35-33-39)61-64-62(51-27-15-31-55-57(51)56-42(24-14-30-54(56)69-55)40-18-5-2-6-19-40)66-63(65-61)68-53-29-12-10-23-46(53)49-36-37-50-48-26-13-25-47-44-21-8-7-20-43(44)45-22-9-11-28-52(45)67(58(47)48)59(50)60(49)68/h1-37H. The molecule has 14 aromatic rings. The molecule has 10 aromatic carbocycles. The molecule has 0 radical (unpaired) electrons. The van der Waals surface area contributed by atoms with Gasteiger partial charge in [-0.15, -0.1) is 11.3 Å². The lowest BCUT2D eigenvalue weighted by atomic mass is 9.94. The van der Waals surface area contributed by atoms with Crippen molar-refractivity contribution in [1.82, 2.24) is 24.1 Å². The Labute approximate surface area is 400 Å². The molecule has 5 heterocycles. The molecular formula is C63H37N5S. The highest BCUT2D eigenvalue weighted by atomic mass is 32.1. The maximum atomic E-state index is 5.66. The zero-order valence-electron chi connectivity index (χ0n) is 37.0. The van der Waals surface area contributed by atoms with Crippen molar-refractivity contribution in [2.75, 3.05) is 0 Å². The van der Waals surface area contributed by atoms with Crippen LogP contribution in [0.15, 0.2) is 224 Å². The average Bonchev–Trinajstić information content (AvgIpc) is 4.07. The van der Waals surface area contributed by atoms with E-state index in [9.17, 15) is 0 Å². The number of para-hydroxylation sites is 3. The molecule has 320 valence electrons. The molecule has 0 spiro atoms. The fourth-order valence-electron chi connectivity index (χ4n) is 11.2. The Kier molecular flexibility index (Phi) is 8.17. The summed E-state index contributed by atoms with van der Waals surface area (Å²) in [6.07, 6.45) is 0. The van der Waals surface area contributed by atoms with E-state index in [0.717, 1.165) is 60.6 Å². The number of fused-ring (bicyclic) bond motifs is 15. The Balaban J connectivity index is 1.07. The number of aromatic nitrogens is 5. The average molecular weight is 896 g/mol. The van der Waals surface area contributed by atoms with Gasteiger partial charge in [0.15, 0.2) is 11.6 Å². The summed E-state index contributed by atoms with van der Waals surface area (Å²) in [4.78, 5) is 16.7. The predicted octanol–water partition coefficient (Wildman–Crippen LogP) is 16.7. The third-order valence-corrected chi connectivity index (χ3v) is 15.3. The molecule has 4 aromatic heterocycles. The van der Waals surface area contributed by atoms with Crippen molar-refractivity contribution in [3.63, 3.8) is 0 Å². The molecule has 0 unspecified atom stereocenters.